The van der Waals surface area contributed by atoms with Gasteiger partial charge in [0, 0.05) is 31.0 Å². The van der Waals surface area contributed by atoms with Crippen molar-refractivity contribution in [1.29, 1.82) is 0 Å². The molecule has 41 heavy (non-hydrogen) atoms. The summed E-state index contributed by atoms with van der Waals surface area (Å²) in [6, 6.07) is 14.6. The quantitative estimate of drug-likeness (QED) is 0.174. The van der Waals surface area contributed by atoms with Gasteiger partial charge in [-0.1, -0.05) is 51.1 Å². The summed E-state index contributed by atoms with van der Waals surface area (Å²) >= 11 is 0. The molecule has 0 saturated carbocycles. The third kappa shape index (κ3) is 8.21. The first kappa shape index (κ1) is 32.4. The van der Waals surface area contributed by atoms with Gasteiger partial charge in [-0.05, 0) is 75.5 Å². The zero-order valence-electron chi connectivity index (χ0n) is 26.2. The lowest BCUT2D eigenvalue weighted by atomic mass is 9.97. The molecule has 1 heterocycles. The fourth-order valence-electron chi connectivity index (χ4n) is 4.52. The van der Waals surface area contributed by atoms with Gasteiger partial charge in [-0.25, -0.2) is 0 Å². The Bertz CT molecular complexity index is 1230. The molecule has 7 nitrogen and oxygen atoms in total. The van der Waals surface area contributed by atoms with Gasteiger partial charge in [-0.15, -0.1) is 0 Å². The highest BCUT2D eigenvalue weighted by Crippen LogP contribution is 2.40. The van der Waals surface area contributed by atoms with Gasteiger partial charge < -0.3 is 18.8 Å². The molecular formula is C33H47NO6Si. The van der Waals surface area contributed by atoms with Crippen molar-refractivity contribution >= 4 is 26.0 Å². The van der Waals surface area contributed by atoms with Gasteiger partial charge in [0.15, 0.2) is 17.6 Å². The van der Waals surface area contributed by atoms with Gasteiger partial charge in [-0.3, -0.25) is 14.4 Å². The highest BCUT2D eigenvalue weighted by atomic mass is 28.4. The number of methoxy groups -OCH3 is 1. The molecule has 0 unspecified atom stereocenters. The van der Waals surface area contributed by atoms with Crippen molar-refractivity contribution in [1.82, 2.24) is 4.90 Å². The Kier molecular flexibility index (Phi) is 10.1. The summed E-state index contributed by atoms with van der Waals surface area (Å²) < 4.78 is 17.8. The van der Waals surface area contributed by atoms with E-state index in [1.165, 1.54) is 0 Å². The van der Waals surface area contributed by atoms with Crippen molar-refractivity contribution < 1.29 is 28.3 Å². The Morgan fingerprint density at radius 3 is 2.22 bits per heavy atom. The van der Waals surface area contributed by atoms with E-state index >= 15 is 0 Å². The maximum Gasteiger partial charge on any atom is 0.312 e. The maximum absolute atomic E-state index is 13.8. The lowest BCUT2D eigenvalue weighted by Crippen LogP contribution is -2.46. The minimum Gasteiger partial charge on any atom is -0.541 e. The minimum atomic E-state index is -2.10. The summed E-state index contributed by atoms with van der Waals surface area (Å²) in [5, 5.41) is 0.0184. The molecular weight excluding hydrogens is 534 g/mol. The molecule has 1 aliphatic rings. The molecule has 0 radical (unpaired) electrons. The van der Waals surface area contributed by atoms with Crippen LogP contribution in [-0.4, -0.2) is 56.7 Å². The van der Waals surface area contributed by atoms with Crippen molar-refractivity contribution in [2.75, 3.05) is 13.7 Å². The number of likely N-dealkylation sites (tertiary alicyclic amines) is 1. The molecule has 0 aliphatic carbocycles. The second kappa shape index (κ2) is 12.8. The summed E-state index contributed by atoms with van der Waals surface area (Å²) in [5.41, 5.74) is 0.685. The normalized spacial score (nSPS) is 16.7. The van der Waals surface area contributed by atoms with Crippen LogP contribution >= 0.6 is 0 Å². The zero-order chi connectivity index (χ0) is 30.6. The van der Waals surface area contributed by atoms with Crippen LogP contribution in [0.1, 0.15) is 76.7 Å². The first-order chi connectivity index (χ1) is 19.0. The molecule has 2 aromatic carbocycles. The van der Waals surface area contributed by atoms with E-state index in [1.807, 2.05) is 36.4 Å². The van der Waals surface area contributed by atoms with Crippen LogP contribution in [-0.2, 0) is 20.7 Å². The highest BCUT2D eigenvalue weighted by Gasteiger charge is 2.40. The number of hydrogen-bond acceptors (Lipinski definition) is 6. The van der Waals surface area contributed by atoms with Gasteiger partial charge in [0.1, 0.15) is 5.75 Å². The van der Waals surface area contributed by atoms with Crippen molar-refractivity contribution in [3.63, 3.8) is 0 Å². The second-order valence-electron chi connectivity index (χ2n) is 13.5. The largest absolute Gasteiger partial charge is 0.541 e. The van der Waals surface area contributed by atoms with Gasteiger partial charge in [0.05, 0.1) is 12.5 Å². The van der Waals surface area contributed by atoms with Crippen molar-refractivity contribution in [2.45, 2.75) is 97.5 Å². The number of carbonyl (C=O) groups excluding carboxylic acids is 3. The van der Waals surface area contributed by atoms with E-state index in [9.17, 15) is 14.4 Å². The van der Waals surface area contributed by atoms with E-state index in [1.54, 1.807) is 44.9 Å². The number of ether oxygens (including phenoxy) is 2. The molecule has 0 bridgehead atoms. The van der Waals surface area contributed by atoms with E-state index in [-0.39, 0.29) is 35.6 Å². The van der Waals surface area contributed by atoms with Gasteiger partial charge >= 0.3 is 5.97 Å². The molecule has 1 amide bonds. The predicted molar refractivity (Wildman–Crippen MR) is 164 cm³/mol. The molecule has 0 spiro atoms. The van der Waals surface area contributed by atoms with E-state index in [0.717, 1.165) is 12.0 Å². The number of benzene rings is 2. The van der Waals surface area contributed by atoms with Crippen LogP contribution in [0.4, 0.5) is 0 Å². The smallest absolute Gasteiger partial charge is 0.312 e. The Labute approximate surface area is 246 Å². The number of rotatable bonds is 10. The maximum atomic E-state index is 13.8. The minimum absolute atomic E-state index is 0.0184. The molecule has 0 aromatic heterocycles. The number of esters is 1. The Balaban J connectivity index is 1.78. The molecule has 224 valence electrons. The standard InChI is InChI=1S/C33H47NO6Si/c1-32(2,3)31(37)39-29(20-23-14-11-10-12-15-23)30(36)34-19-13-16-25(34)22-26(35)24-17-18-27(28(21-24)38-7)40-41(8,9)33(4,5)6/h10-12,14-15,17-18,21,25,29H,13,16,19-20,22H2,1-9H3/t25-,29+/m0/s1. The molecule has 1 aliphatic heterocycles. The Morgan fingerprint density at radius 1 is 0.976 bits per heavy atom. The number of hydrogen-bond donors (Lipinski definition) is 0. The van der Waals surface area contributed by atoms with Crippen LogP contribution in [0.5, 0.6) is 11.5 Å². The van der Waals surface area contributed by atoms with Crippen LogP contribution in [0.15, 0.2) is 48.5 Å². The number of amides is 1. The summed E-state index contributed by atoms with van der Waals surface area (Å²) in [6.45, 7) is 16.7. The van der Waals surface area contributed by atoms with E-state index < -0.39 is 25.8 Å². The summed E-state index contributed by atoms with van der Waals surface area (Å²) in [7, 11) is -0.522. The molecule has 0 N–H and O–H groups in total. The van der Waals surface area contributed by atoms with E-state index in [2.05, 4.69) is 33.9 Å². The third-order valence-electron chi connectivity index (χ3n) is 8.14. The fourth-order valence-corrected chi connectivity index (χ4v) is 5.55. The molecule has 3 rings (SSSR count). The average molecular weight is 582 g/mol. The van der Waals surface area contributed by atoms with Crippen molar-refractivity contribution in [2.24, 2.45) is 5.41 Å². The Hall–Kier alpha value is -3.13. The number of ketones is 1. The lowest BCUT2D eigenvalue weighted by molar-refractivity contribution is -0.167. The van der Waals surface area contributed by atoms with E-state index in [0.29, 0.717) is 30.0 Å². The molecule has 2 atom stereocenters. The Morgan fingerprint density at radius 2 is 1.63 bits per heavy atom. The van der Waals surface area contributed by atoms with Crippen molar-refractivity contribution in [3.8, 4) is 11.5 Å². The summed E-state index contributed by atoms with van der Waals surface area (Å²) in [6.07, 6.45) is 1.02. The van der Waals surface area contributed by atoms with Crippen LogP contribution in [0.25, 0.3) is 0 Å². The number of Topliss-reactive ketones (excluding diaryl/α,β-unsaturated/α-hetero) is 1. The van der Waals surface area contributed by atoms with Gasteiger partial charge in [0.25, 0.3) is 14.2 Å². The SMILES string of the molecule is COc1cc(C(=O)C[C@@H]2CCCN2C(=O)[C@@H](Cc2ccccc2)OC(=O)C(C)(C)C)ccc1O[Si](C)(C)C(C)(C)C. The van der Waals surface area contributed by atoms with Crippen LogP contribution in [0.3, 0.4) is 0 Å². The molecule has 1 fully saturated rings. The summed E-state index contributed by atoms with van der Waals surface area (Å²) in [4.78, 5) is 41.8. The molecule has 8 heteroatoms. The summed E-state index contributed by atoms with van der Waals surface area (Å²) in [5.74, 6) is 0.413. The fraction of sp³-hybridized carbons (Fsp3) is 0.545. The first-order valence-electron chi connectivity index (χ1n) is 14.5. The third-order valence-corrected chi connectivity index (χ3v) is 12.5. The van der Waals surface area contributed by atoms with Crippen molar-refractivity contribution in [3.05, 3.63) is 59.7 Å². The first-order valence-corrected chi connectivity index (χ1v) is 17.4. The highest BCUT2D eigenvalue weighted by molar-refractivity contribution is 6.74. The van der Waals surface area contributed by atoms with Gasteiger partial charge in [0.2, 0.25) is 0 Å². The van der Waals surface area contributed by atoms with Crippen LogP contribution in [0.2, 0.25) is 18.1 Å². The van der Waals surface area contributed by atoms with Gasteiger partial charge in [-0.2, -0.15) is 0 Å². The van der Waals surface area contributed by atoms with Crippen LogP contribution in [0, 0.1) is 5.41 Å². The molecule has 1 saturated heterocycles. The topological polar surface area (TPSA) is 82.1 Å². The average Bonchev–Trinajstić information content (AvgIpc) is 3.35. The zero-order valence-corrected chi connectivity index (χ0v) is 27.2. The number of carbonyl (C=O) groups is 3. The predicted octanol–water partition coefficient (Wildman–Crippen LogP) is 6.84. The number of nitrogens with zero attached hydrogens (tertiary/aromatic N) is 1. The van der Waals surface area contributed by atoms with E-state index in [4.69, 9.17) is 13.9 Å². The van der Waals surface area contributed by atoms with Crippen LogP contribution < -0.4 is 9.16 Å². The lowest BCUT2D eigenvalue weighted by Gasteiger charge is -2.36. The second-order valence-corrected chi connectivity index (χ2v) is 18.2. The monoisotopic (exact) mass is 581 g/mol. The molecule has 2 aromatic rings.